The number of pyridine rings is 2. The lowest BCUT2D eigenvalue weighted by Gasteiger charge is -2.28. The van der Waals surface area contributed by atoms with Gasteiger partial charge in [0.05, 0.1) is 25.4 Å². The molecule has 2 aromatic heterocycles. The molecule has 4 atom stereocenters. The topological polar surface area (TPSA) is 68.3 Å². The van der Waals surface area contributed by atoms with Crippen LogP contribution in [0.25, 0.3) is 6.08 Å². The van der Waals surface area contributed by atoms with Crippen molar-refractivity contribution in [2.75, 3.05) is 13.1 Å². The highest BCUT2D eigenvalue weighted by Gasteiger charge is 2.19. The Hall–Kier alpha value is -2.12. The second-order valence-corrected chi connectivity index (χ2v) is 9.21. The van der Waals surface area contributed by atoms with Crippen molar-refractivity contribution in [2.24, 2.45) is 0 Å². The van der Waals surface area contributed by atoms with Gasteiger partial charge in [-0.1, -0.05) is 12.7 Å². The number of aryl methyl sites for hydroxylation is 1. The number of piperidine rings is 2. The largest absolute Gasteiger partial charge is 0.373 e. The Labute approximate surface area is 199 Å². The molecule has 6 heteroatoms. The van der Waals surface area contributed by atoms with Crippen molar-refractivity contribution >= 4 is 6.08 Å². The molecule has 4 unspecified atom stereocenters. The van der Waals surface area contributed by atoms with Gasteiger partial charge in [0.25, 0.3) is 0 Å². The average Bonchev–Trinajstić information content (AvgIpc) is 2.83. The van der Waals surface area contributed by atoms with Crippen molar-refractivity contribution in [3.63, 3.8) is 0 Å². The van der Waals surface area contributed by atoms with Crippen molar-refractivity contribution in [3.05, 3.63) is 65.8 Å². The minimum absolute atomic E-state index is 0.372. The average molecular weight is 453 g/mol. The van der Waals surface area contributed by atoms with Gasteiger partial charge in [-0.25, -0.2) is 0 Å². The molecular weight excluding hydrogens is 412 g/mol. The molecule has 0 spiro atoms. The molecule has 0 saturated carbocycles. The third-order valence-electron chi connectivity index (χ3n) is 6.40. The number of nitrogens with one attached hydrogen (secondary N) is 2. The molecule has 2 aliphatic heterocycles. The molecule has 0 radical (unpaired) electrons. The first-order valence-electron chi connectivity index (χ1n) is 12.2. The predicted molar refractivity (Wildman–Crippen MR) is 134 cm³/mol. The van der Waals surface area contributed by atoms with E-state index in [4.69, 9.17) is 9.47 Å². The van der Waals surface area contributed by atoms with Gasteiger partial charge in [0, 0.05) is 36.9 Å². The van der Waals surface area contributed by atoms with Crippen LogP contribution >= 0.6 is 0 Å². The highest BCUT2D eigenvalue weighted by Crippen LogP contribution is 2.17. The molecule has 0 amide bonds. The van der Waals surface area contributed by atoms with Crippen LogP contribution in [0.1, 0.15) is 61.8 Å². The van der Waals surface area contributed by atoms with Gasteiger partial charge >= 0.3 is 0 Å². The Morgan fingerprint density at radius 3 is 2.00 bits per heavy atom. The van der Waals surface area contributed by atoms with Gasteiger partial charge in [0.1, 0.15) is 0 Å². The van der Waals surface area contributed by atoms with Crippen molar-refractivity contribution in [1.29, 1.82) is 0 Å². The molecule has 33 heavy (non-hydrogen) atoms. The van der Waals surface area contributed by atoms with Crippen molar-refractivity contribution in [2.45, 2.75) is 84.0 Å². The van der Waals surface area contributed by atoms with E-state index < -0.39 is 0 Å². The molecule has 2 aliphatic rings. The van der Waals surface area contributed by atoms with Gasteiger partial charge in [-0.2, -0.15) is 0 Å². The maximum Gasteiger partial charge on any atom is 0.0727 e. The van der Waals surface area contributed by atoms with Crippen LogP contribution in [0, 0.1) is 6.92 Å². The van der Waals surface area contributed by atoms with Crippen molar-refractivity contribution in [3.8, 4) is 0 Å². The van der Waals surface area contributed by atoms with E-state index in [1.54, 1.807) is 6.20 Å². The molecule has 4 rings (SSSR count). The van der Waals surface area contributed by atoms with Gasteiger partial charge in [-0.15, -0.1) is 0 Å². The SMILES string of the molecule is C=Cc1cnccc1COC1CCNC(C)C1.Cc1cnccc1COC1CCNC(C)C1. The molecule has 0 aliphatic carbocycles. The summed E-state index contributed by atoms with van der Waals surface area (Å²) in [7, 11) is 0. The molecule has 2 N–H and O–H groups in total. The quantitative estimate of drug-likeness (QED) is 0.648. The summed E-state index contributed by atoms with van der Waals surface area (Å²) >= 11 is 0. The fraction of sp³-hybridized carbons (Fsp3) is 0.556. The van der Waals surface area contributed by atoms with Crippen molar-refractivity contribution in [1.82, 2.24) is 20.6 Å². The van der Waals surface area contributed by atoms with E-state index in [-0.39, 0.29) is 0 Å². The predicted octanol–water partition coefficient (Wildman–Crippen LogP) is 4.43. The minimum Gasteiger partial charge on any atom is -0.373 e. The number of hydrogen-bond acceptors (Lipinski definition) is 6. The molecule has 6 nitrogen and oxygen atoms in total. The lowest BCUT2D eigenvalue weighted by atomic mass is 10.0. The van der Waals surface area contributed by atoms with Gasteiger partial charge in [-0.05, 0) is 93.9 Å². The van der Waals surface area contributed by atoms with Gasteiger partial charge in [-0.3, -0.25) is 9.97 Å². The zero-order valence-electron chi connectivity index (χ0n) is 20.4. The Morgan fingerprint density at radius 2 is 1.45 bits per heavy atom. The molecular formula is C27H40N4O2. The maximum atomic E-state index is 5.97. The van der Waals surface area contributed by atoms with E-state index >= 15 is 0 Å². The summed E-state index contributed by atoms with van der Waals surface area (Å²) in [5.41, 5.74) is 4.70. The Morgan fingerprint density at radius 1 is 0.909 bits per heavy atom. The molecule has 0 bridgehead atoms. The summed E-state index contributed by atoms with van der Waals surface area (Å²) in [4.78, 5) is 8.17. The first-order valence-corrected chi connectivity index (χ1v) is 12.2. The van der Waals surface area contributed by atoms with E-state index in [1.165, 1.54) is 16.7 Å². The van der Waals surface area contributed by atoms with Crippen LogP contribution in [0.3, 0.4) is 0 Å². The zero-order chi connectivity index (χ0) is 23.5. The molecule has 2 saturated heterocycles. The third kappa shape index (κ3) is 8.63. The molecule has 2 aromatic rings. The standard InChI is InChI=1S/C14H20N2O.C13H20N2O/c1-3-12-9-15-6-4-13(12)10-17-14-5-7-16-11(2)8-14;1-10-8-14-5-3-12(10)9-16-13-4-6-15-11(2)7-13/h3-4,6,9,11,14,16H,1,5,7-8,10H2,2H3;3,5,8,11,13,15H,4,6-7,9H2,1-2H3. The van der Waals surface area contributed by atoms with E-state index in [9.17, 15) is 0 Å². The lowest BCUT2D eigenvalue weighted by molar-refractivity contribution is 0.0123. The summed E-state index contributed by atoms with van der Waals surface area (Å²) in [5.74, 6) is 0. The van der Waals surface area contributed by atoms with Crippen molar-refractivity contribution < 1.29 is 9.47 Å². The van der Waals surface area contributed by atoms with E-state index in [1.807, 2.05) is 36.8 Å². The zero-order valence-corrected chi connectivity index (χ0v) is 20.4. The molecule has 0 aromatic carbocycles. The second-order valence-electron chi connectivity index (χ2n) is 9.21. The summed E-state index contributed by atoms with van der Waals surface area (Å²) in [6.45, 7) is 13.8. The summed E-state index contributed by atoms with van der Waals surface area (Å²) in [6, 6.07) is 5.18. The van der Waals surface area contributed by atoms with E-state index in [0.717, 1.165) is 44.3 Å². The number of hydrogen-bond donors (Lipinski definition) is 2. The highest BCUT2D eigenvalue weighted by atomic mass is 16.5. The molecule has 2 fully saturated rings. The number of ether oxygens (including phenoxy) is 2. The summed E-state index contributed by atoms with van der Waals surface area (Å²) in [5, 5.41) is 6.86. The molecule has 180 valence electrons. The van der Waals surface area contributed by atoms with E-state index in [0.29, 0.717) is 37.5 Å². The first kappa shape index (κ1) is 25.5. The number of nitrogens with zero attached hydrogens (tertiary/aromatic N) is 2. The van der Waals surface area contributed by atoms with Crippen LogP contribution < -0.4 is 10.6 Å². The fourth-order valence-electron chi connectivity index (χ4n) is 4.31. The van der Waals surface area contributed by atoms with E-state index in [2.05, 4.69) is 48.0 Å². The Balaban J connectivity index is 0.000000186. The Bertz CT molecular complexity index is 860. The van der Waals surface area contributed by atoms with Crippen LogP contribution in [0.2, 0.25) is 0 Å². The van der Waals surface area contributed by atoms with Crippen LogP contribution in [0.15, 0.2) is 43.5 Å². The number of rotatable bonds is 7. The smallest absolute Gasteiger partial charge is 0.0727 e. The first-order chi connectivity index (χ1) is 16.0. The van der Waals surface area contributed by atoms with Gasteiger partial charge < -0.3 is 20.1 Å². The van der Waals surface area contributed by atoms with Gasteiger partial charge in [0.15, 0.2) is 0 Å². The van der Waals surface area contributed by atoms with Crippen LogP contribution in [0.4, 0.5) is 0 Å². The fourth-order valence-corrected chi connectivity index (χ4v) is 4.31. The maximum absolute atomic E-state index is 5.97. The second kappa shape index (κ2) is 13.6. The Kier molecular flexibility index (Phi) is 10.5. The van der Waals surface area contributed by atoms with Crippen LogP contribution in [-0.2, 0) is 22.7 Å². The summed E-state index contributed by atoms with van der Waals surface area (Å²) < 4.78 is 11.9. The minimum atomic E-state index is 0.372. The van der Waals surface area contributed by atoms with Crippen LogP contribution in [0.5, 0.6) is 0 Å². The highest BCUT2D eigenvalue weighted by molar-refractivity contribution is 5.49. The lowest BCUT2D eigenvalue weighted by Crippen LogP contribution is -2.39. The van der Waals surface area contributed by atoms with Gasteiger partial charge in [0.2, 0.25) is 0 Å². The monoisotopic (exact) mass is 452 g/mol. The third-order valence-corrected chi connectivity index (χ3v) is 6.40. The number of aromatic nitrogens is 2. The normalized spacial score (nSPS) is 25.1. The van der Waals surface area contributed by atoms with Crippen LogP contribution in [-0.4, -0.2) is 47.3 Å². The summed E-state index contributed by atoms with van der Waals surface area (Å²) in [6.07, 6.45) is 14.4. The molecule has 4 heterocycles.